The van der Waals surface area contributed by atoms with E-state index in [-0.39, 0.29) is 5.57 Å². The van der Waals surface area contributed by atoms with Gasteiger partial charge in [-0.15, -0.1) is 11.3 Å². The second-order valence-electron chi connectivity index (χ2n) is 6.79. The zero-order chi connectivity index (χ0) is 20.8. The number of anilines is 1. The van der Waals surface area contributed by atoms with Crippen molar-refractivity contribution in [2.24, 2.45) is 5.73 Å². The molecule has 0 radical (unpaired) electrons. The lowest BCUT2D eigenvalue weighted by Crippen LogP contribution is -2.19. The average Bonchev–Trinajstić information content (AvgIpc) is 3.09. The van der Waals surface area contributed by atoms with Crippen molar-refractivity contribution in [3.05, 3.63) is 51.4 Å². The molecule has 2 aromatic rings. The van der Waals surface area contributed by atoms with E-state index in [1.165, 1.54) is 17.4 Å². The van der Waals surface area contributed by atoms with Crippen LogP contribution in [0.15, 0.2) is 29.8 Å². The molecule has 0 unspecified atom stereocenters. The summed E-state index contributed by atoms with van der Waals surface area (Å²) >= 11 is 1.37. The van der Waals surface area contributed by atoms with Gasteiger partial charge in [-0.3, -0.25) is 9.59 Å². The first-order valence-electron chi connectivity index (χ1n) is 9.64. The lowest BCUT2D eigenvalue weighted by atomic mass is 9.95. The zero-order valence-electron chi connectivity index (χ0n) is 16.3. The van der Waals surface area contributed by atoms with E-state index in [1.54, 1.807) is 12.1 Å². The molecule has 1 aromatic heterocycles. The molecule has 3 N–H and O–H groups in total. The molecule has 1 heterocycles. The summed E-state index contributed by atoms with van der Waals surface area (Å²) < 4.78 is 5.69. The van der Waals surface area contributed by atoms with Crippen molar-refractivity contribution in [3.63, 3.8) is 0 Å². The standard InChI is InChI=1S/C22H23N3O3S/c1-2-11-28-17-9-5-3-7-14(17)12-15(13-23)21(27)25-22-19(20(24)26)16-8-4-6-10-18(16)29-22/h3,5,7,9,12H,2,4,6,8,10-11H2,1H3,(H2,24,26)(H,25,27)/b15-12+. The summed E-state index contributed by atoms with van der Waals surface area (Å²) in [6.45, 7) is 2.55. The van der Waals surface area contributed by atoms with Crippen LogP contribution < -0.4 is 15.8 Å². The van der Waals surface area contributed by atoms with Gasteiger partial charge in [0.1, 0.15) is 22.4 Å². The third-order valence-electron chi connectivity index (χ3n) is 4.69. The molecule has 29 heavy (non-hydrogen) atoms. The number of rotatable bonds is 7. The average molecular weight is 410 g/mol. The number of nitrogens with zero attached hydrogens (tertiary/aromatic N) is 1. The van der Waals surface area contributed by atoms with E-state index < -0.39 is 11.8 Å². The summed E-state index contributed by atoms with van der Waals surface area (Å²) in [6, 6.07) is 9.18. The lowest BCUT2D eigenvalue weighted by molar-refractivity contribution is -0.112. The molecule has 0 saturated carbocycles. The number of primary amides is 1. The van der Waals surface area contributed by atoms with Gasteiger partial charge in [0.05, 0.1) is 12.2 Å². The van der Waals surface area contributed by atoms with Crippen LogP contribution in [0.25, 0.3) is 6.08 Å². The van der Waals surface area contributed by atoms with E-state index in [4.69, 9.17) is 10.5 Å². The number of para-hydroxylation sites is 1. The number of fused-ring (bicyclic) bond motifs is 1. The van der Waals surface area contributed by atoms with Gasteiger partial charge >= 0.3 is 0 Å². The molecule has 6 nitrogen and oxygen atoms in total. The number of carbonyl (C=O) groups is 2. The molecule has 0 aliphatic heterocycles. The van der Waals surface area contributed by atoms with Gasteiger partial charge in [0, 0.05) is 10.4 Å². The van der Waals surface area contributed by atoms with Crippen molar-refractivity contribution in [2.45, 2.75) is 39.0 Å². The van der Waals surface area contributed by atoms with Gasteiger partial charge in [-0.1, -0.05) is 25.1 Å². The van der Waals surface area contributed by atoms with E-state index in [0.29, 0.717) is 28.5 Å². The molecule has 1 aromatic carbocycles. The molecule has 0 fully saturated rings. The van der Waals surface area contributed by atoms with Crippen molar-refractivity contribution in [2.75, 3.05) is 11.9 Å². The van der Waals surface area contributed by atoms with Crippen molar-refractivity contribution in [1.82, 2.24) is 0 Å². The third kappa shape index (κ3) is 4.66. The van der Waals surface area contributed by atoms with Crippen LogP contribution in [0.3, 0.4) is 0 Å². The first-order chi connectivity index (χ1) is 14.0. The van der Waals surface area contributed by atoms with E-state index in [1.807, 2.05) is 25.1 Å². The van der Waals surface area contributed by atoms with Crippen LogP contribution in [0.5, 0.6) is 5.75 Å². The maximum Gasteiger partial charge on any atom is 0.266 e. The number of nitriles is 1. The van der Waals surface area contributed by atoms with Crippen LogP contribution in [-0.2, 0) is 17.6 Å². The van der Waals surface area contributed by atoms with Gasteiger partial charge in [0.25, 0.3) is 11.8 Å². The first-order valence-corrected chi connectivity index (χ1v) is 10.5. The predicted octanol–water partition coefficient (Wildman–Crippen LogP) is 4.06. The normalized spacial score (nSPS) is 13.3. The number of aryl methyl sites for hydroxylation is 1. The number of benzene rings is 1. The van der Waals surface area contributed by atoms with E-state index in [9.17, 15) is 14.9 Å². The molecule has 1 aliphatic carbocycles. The quantitative estimate of drug-likeness (QED) is 0.531. The molecule has 0 saturated heterocycles. The van der Waals surface area contributed by atoms with Gasteiger partial charge in [0.2, 0.25) is 0 Å². The van der Waals surface area contributed by atoms with Gasteiger partial charge in [0.15, 0.2) is 0 Å². The Hall–Kier alpha value is -3.11. The number of carbonyl (C=O) groups excluding carboxylic acids is 2. The van der Waals surface area contributed by atoms with E-state index in [2.05, 4.69) is 5.32 Å². The molecular weight excluding hydrogens is 386 g/mol. The molecule has 0 bridgehead atoms. The van der Waals surface area contributed by atoms with Gasteiger partial charge in [-0.05, 0) is 49.8 Å². The fraction of sp³-hybridized carbons (Fsp3) is 0.318. The second kappa shape index (κ2) is 9.39. The Morgan fingerprint density at radius 2 is 2.07 bits per heavy atom. The Morgan fingerprint density at radius 3 is 2.79 bits per heavy atom. The monoisotopic (exact) mass is 409 g/mol. The van der Waals surface area contributed by atoms with Crippen molar-refractivity contribution >= 4 is 34.2 Å². The molecule has 2 amide bonds. The highest BCUT2D eigenvalue weighted by Crippen LogP contribution is 2.38. The summed E-state index contributed by atoms with van der Waals surface area (Å²) in [7, 11) is 0. The molecule has 0 atom stereocenters. The Bertz CT molecular complexity index is 1000. The Labute approximate surface area is 174 Å². The summed E-state index contributed by atoms with van der Waals surface area (Å²) in [5.41, 5.74) is 7.47. The summed E-state index contributed by atoms with van der Waals surface area (Å²) in [5, 5.41) is 12.7. The number of thiophene rings is 1. The zero-order valence-corrected chi connectivity index (χ0v) is 17.1. The maximum atomic E-state index is 12.8. The molecule has 1 aliphatic rings. The number of nitrogens with one attached hydrogen (secondary N) is 1. The topological polar surface area (TPSA) is 105 Å². The van der Waals surface area contributed by atoms with Gasteiger partial charge in [-0.2, -0.15) is 5.26 Å². The second-order valence-corrected chi connectivity index (χ2v) is 7.89. The van der Waals surface area contributed by atoms with Gasteiger partial charge in [-0.25, -0.2) is 0 Å². The van der Waals surface area contributed by atoms with Crippen molar-refractivity contribution in [1.29, 1.82) is 5.26 Å². The molecular formula is C22H23N3O3S. The maximum absolute atomic E-state index is 12.8. The van der Waals surface area contributed by atoms with Crippen LogP contribution in [-0.4, -0.2) is 18.4 Å². The lowest BCUT2D eigenvalue weighted by Gasteiger charge is -2.11. The van der Waals surface area contributed by atoms with Crippen LogP contribution >= 0.6 is 11.3 Å². The summed E-state index contributed by atoms with van der Waals surface area (Å²) in [6.07, 6.45) is 6.05. The van der Waals surface area contributed by atoms with E-state index in [0.717, 1.165) is 42.5 Å². The molecule has 0 spiro atoms. The van der Waals surface area contributed by atoms with Crippen molar-refractivity contribution in [3.8, 4) is 11.8 Å². The minimum absolute atomic E-state index is 0.0701. The van der Waals surface area contributed by atoms with Gasteiger partial charge < -0.3 is 15.8 Å². The number of ether oxygens (including phenoxy) is 1. The molecule has 3 rings (SSSR count). The van der Waals surface area contributed by atoms with Crippen LogP contribution in [0.1, 0.15) is 52.5 Å². The highest BCUT2D eigenvalue weighted by Gasteiger charge is 2.25. The van der Waals surface area contributed by atoms with E-state index >= 15 is 0 Å². The fourth-order valence-electron chi connectivity index (χ4n) is 3.33. The number of hydrogen-bond donors (Lipinski definition) is 2. The van der Waals surface area contributed by atoms with Crippen LogP contribution in [0, 0.1) is 11.3 Å². The van der Waals surface area contributed by atoms with Crippen LogP contribution in [0.2, 0.25) is 0 Å². The SMILES string of the molecule is CCCOc1ccccc1/C=C(\C#N)C(=O)Nc1sc2c(c1C(N)=O)CCCC2. The Kier molecular flexibility index (Phi) is 6.68. The summed E-state index contributed by atoms with van der Waals surface area (Å²) in [4.78, 5) is 25.9. The minimum atomic E-state index is -0.570. The highest BCUT2D eigenvalue weighted by molar-refractivity contribution is 7.17. The highest BCUT2D eigenvalue weighted by atomic mass is 32.1. The first kappa shape index (κ1) is 20.6. The van der Waals surface area contributed by atoms with Crippen molar-refractivity contribution < 1.29 is 14.3 Å². The summed E-state index contributed by atoms with van der Waals surface area (Å²) in [5.74, 6) is -0.515. The smallest absolute Gasteiger partial charge is 0.266 e. The minimum Gasteiger partial charge on any atom is -0.493 e. The Morgan fingerprint density at radius 1 is 1.31 bits per heavy atom. The number of nitrogens with two attached hydrogens (primary N) is 1. The fourth-order valence-corrected chi connectivity index (χ4v) is 4.62. The van der Waals surface area contributed by atoms with Crippen LogP contribution in [0.4, 0.5) is 5.00 Å². The molecule has 7 heteroatoms. The predicted molar refractivity (Wildman–Crippen MR) is 114 cm³/mol. The third-order valence-corrected chi connectivity index (χ3v) is 5.90. The Balaban J connectivity index is 1.89. The number of hydrogen-bond acceptors (Lipinski definition) is 5. The number of amides is 2. The largest absolute Gasteiger partial charge is 0.493 e. The molecule has 150 valence electrons.